The zero-order valence-electron chi connectivity index (χ0n) is 11.7. The first-order valence-corrected chi connectivity index (χ1v) is 5.96. The highest BCUT2D eigenvalue weighted by molar-refractivity contribution is 5.78. The molecule has 0 bridgehead atoms. The molecule has 1 atom stereocenters. The number of amides is 1. The van der Waals surface area contributed by atoms with E-state index in [-0.39, 0.29) is 17.5 Å². The van der Waals surface area contributed by atoms with E-state index in [1.807, 2.05) is 0 Å². The number of benzene rings is 1. The Bertz CT molecular complexity index is 465. The normalized spacial score (nSPS) is 11.8. The van der Waals surface area contributed by atoms with Crippen LogP contribution in [-0.2, 0) is 4.79 Å². The van der Waals surface area contributed by atoms with Crippen molar-refractivity contribution in [2.45, 2.75) is 6.92 Å². The van der Waals surface area contributed by atoms with Gasteiger partial charge in [0.2, 0.25) is 5.91 Å². The molecule has 0 saturated heterocycles. The van der Waals surface area contributed by atoms with Gasteiger partial charge in [-0.25, -0.2) is 4.39 Å². The van der Waals surface area contributed by atoms with Gasteiger partial charge in [0.25, 0.3) is 0 Å². The Morgan fingerprint density at radius 2 is 2.21 bits per heavy atom. The van der Waals surface area contributed by atoms with Crippen LogP contribution in [-0.4, -0.2) is 33.7 Å². The van der Waals surface area contributed by atoms with Crippen LogP contribution in [0.3, 0.4) is 0 Å². The molecule has 0 heterocycles. The molecular formula is C13H20FN3O2. The zero-order chi connectivity index (χ0) is 14.6. The lowest BCUT2D eigenvalue weighted by Crippen LogP contribution is -2.34. The van der Waals surface area contributed by atoms with Gasteiger partial charge in [-0.15, -0.1) is 0 Å². The third-order valence-corrected chi connectivity index (χ3v) is 2.95. The number of nitrogens with one attached hydrogen (secondary N) is 1. The summed E-state index contributed by atoms with van der Waals surface area (Å²) in [7, 11) is 4.76. The number of methoxy groups -OCH3 is 1. The predicted molar refractivity (Wildman–Crippen MR) is 73.9 cm³/mol. The van der Waals surface area contributed by atoms with Crippen LogP contribution >= 0.6 is 0 Å². The number of carbonyl (C=O) groups is 1. The van der Waals surface area contributed by atoms with Gasteiger partial charge in [0.05, 0.1) is 24.4 Å². The van der Waals surface area contributed by atoms with Gasteiger partial charge < -0.3 is 20.7 Å². The second-order valence-electron chi connectivity index (χ2n) is 4.44. The highest BCUT2D eigenvalue weighted by Crippen LogP contribution is 2.30. The molecule has 106 valence electrons. The molecule has 0 spiro atoms. The number of anilines is 2. The molecule has 1 aromatic carbocycles. The lowest BCUT2D eigenvalue weighted by molar-refractivity contribution is -0.123. The number of nitrogen functional groups attached to an aromatic ring is 1. The van der Waals surface area contributed by atoms with E-state index in [9.17, 15) is 9.18 Å². The van der Waals surface area contributed by atoms with Gasteiger partial charge in [0.1, 0.15) is 11.6 Å². The first-order valence-electron chi connectivity index (χ1n) is 5.96. The summed E-state index contributed by atoms with van der Waals surface area (Å²) < 4.78 is 18.9. The molecule has 0 aromatic heterocycles. The lowest BCUT2D eigenvalue weighted by atomic mass is 10.1. The summed E-state index contributed by atoms with van der Waals surface area (Å²) in [5.41, 5.74) is 6.22. The lowest BCUT2D eigenvalue weighted by Gasteiger charge is -2.24. The molecule has 0 saturated carbocycles. The summed E-state index contributed by atoms with van der Waals surface area (Å²) >= 11 is 0. The van der Waals surface area contributed by atoms with Crippen molar-refractivity contribution in [2.24, 2.45) is 5.92 Å². The monoisotopic (exact) mass is 269 g/mol. The highest BCUT2D eigenvalue weighted by Gasteiger charge is 2.17. The van der Waals surface area contributed by atoms with E-state index < -0.39 is 5.82 Å². The van der Waals surface area contributed by atoms with Crippen molar-refractivity contribution in [3.05, 3.63) is 17.9 Å². The standard InChI is InChI=1S/C13H20FN3O2/c1-8(13(18)16-2)7-17(3)11-6-12(19-4)10(15)5-9(11)14/h5-6,8H,7,15H2,1-4H3,(H,16,18). The smallest absolute Gasteiger partial charge is 0.224 e. The summed E-state index contributed by atoms with van der Waals surface area (Å²) in [6.45, 7) is 2.17. The average Bonchev–Trinajstić information content (AvgIpc) is 2.37. The zero-order valence-corrected chi connectivity index (χ0v) is 11.7. The predicted octanol–water partition coefficient (Wildman–Crippen LogP) is 1.23. The van der Waals surface area contributed by atoms with Crippen LogP contribution in [0, 0.1) is 11.7 Å². The molecule has 0 radical (unpaired) electrons. The number of hydrogen-bond donors (Lipinski definition) is 2. The van der Waals surface area contributed by atoms with Gasteiger partial charge in [-0.2, -0.15) is 0 Å². The van der Waals surface area contributed by atoms with Gasteiger partial charge in [0, 0.05) is 32.8 Å². The Balaban J connectivity index is 2.93. The number of halogens is 1. The van der Waals surface area contributed by atoms with Crippen molar-refractivity contribution in [3.63, 3.8) is 0 Å². The van der Waals surface area contributed by atoms with Crippen molar-refractivity contribution >= 4 is 17.3 Å². The van der Waals surface area contributed by atoms with Crippen LogP contribution in [0.5, 0.6) is 5.75 Å². The van der Waals surface area contributed by atoms with E-state index in [1.165, 1.54) is 19.2 Å². The fourth-order valence-corrected chi connectivity index (χ4v) is 1.87. The molecule has 1 unspecified atom stereocenters. The van der Waals surface area contributed by atoms with Crippen molar-refractivity contribution in [3.8, 4) is 5.75 Å². The van der Waals surface area contributed by atoms with Gasteiger partial charge in [-0.3, -0.25) is 4.79 Å². The SMILES string of the molecule is CNC(=O)C(C)CN(C)c1cc(OC)c(N)cc1F. The van der Waals surface area contributed by atoms with E-state index in [0.29, 0.717) is 18.0 Å². The first-order chi connectivity index (χ1) is 8.90. The molecule has 0 aliphatic rings. The minimum Gasteiger partial charge on any atom is -0.495 e. The van der Waals surface area contributed by atoms with E-state index in [1.54, 1.807) is 25.9 Å². The quantitative estimate of drug-likeness (QED) is 0.789. The minimum absolute atomic E-state index is 0.0883. The maximum Gasteiger partial charge on any atom is 0.224 e. The van der Waals surface area contributed by atoms with E-state index in [2.05, 4.69) is 5.32 Å². The van der Waals surface area contributed by atoms with Crippen LogP contribution in [0.2, 0.25) is 0 Å². The number of nitrogens with two attached hydrogens (primary N) is 1. The molecule has 3 N–H and O–H groups in total. The second-order valence-corrected chi connectivity index (χ2v) is 4.44. The van der Waals surface area contributed by atoms with Crippen molar-refractivity contribution in [1.29, 1.82) is 0 Å². The van der Waals surface area contributed by atoms with Crippen LogP contribution in [0.15, 0.2) is 12.1 Å². The Morgan fingerprint density at radius 1 is 1.58 bits per heavy atom. The van der Waals surface area contributed by atoms with Crippen LogP contribution in [0.1, 0.15) is 6.92 Å². The Labute approximate surface area is 112 Å². The molecule has 1 amide bonds. The summed E-state index contributed by atoms with van der Waals surface area (Å²) in [5.74, 6) is -0.367. The fourth-order valence-electron chi connectivity index (χ4n) is 1.87. The number of nitrogens with zero attached hydrogens (tertiary/aromatic N) is 1. The summed E-state index contributed by atoms with van der Waals surface area (Å²) in [4.78, 5) is 13.1. The van der Waals surface area contributed by atoms with Crippen molar-refractivity contribution in [2.75, 3.05) is 38.4 Å². The summed E-state index contributed by atoms with van der Waals surface area (Å²) in [5, 5.41) is 2.56. The number of ether oxygens (including phenoxy) is 1. The number of hydrogen-bond acceptors (Lipinski definition) is 4. The molecule has 0 aliphatic heterocycles. The molecule has 5 nitrogen and oxygen atoms in total. The Kier molecular flexibility index (Phi) is 4.97. The van der Waals surface area contributed by atoms with Crippen LogP contribution in [0.4, 0.5) is 15.8 Å². The largest absolute Gasteiger partial charge is 0.495 e. The minimum atomic E-state index is -0.440. The Morgan fingerprint density at radius 3 is 2.74 bits per heavy atom. The number of rotatable bonds is 5. The summed E-state index contributed by atoms with van der Waals surface area (Å²) in [6, 6.07) is 2.75. The van der Waals surface area contributed by atoms with Gasteiger partial charge in [-0.05, 0) is 0 Å². The summed E-state index contributed by atoms with van der Waals surface area (Å²) in [6.07, 6.45) is 0. The molecule has 19 heavy (non-hydrogen) atoms. The van der Waals surface area contributed by atoms with E-state index in [0.717, 1.165) is 0 Å². The van der Waals surface area contributed by atoms with Crippen LogP contribution in [0.25, 0.3) is 0 Å². The molecule has 0 aliphatic carbocycles. The fraction of sp³-hybridized carbons (Fsp3) is 0.462. The van der Waals surface area contributed by atoms with E-state index in [4.69, 9.17) is 10.5 Å². The van der Waals surface area contributed by atoms with Crippen molar-refractivity contribution in [1.82, 2.24) is 5.32 Å². The molecule has 1 rings (SSSR count). The van der Waals surface area contributed by atoms with Crippen molar-refractivity contribution < 1.29 is 13.9 Å². The molecular weight excluding hydrogens is 249 g/mol. The topological polar surface area (TPSA) is 67.6 Å². The third-order valence-electron chi connectivity index (χ3n) is 2.95. The van der Waals surface area contributed by atoms with E-state index >= 15 is 0 Å². The maximum atomic E-state index is 13.9. The molecule has 0 fully saturated rings. The van der Waals surface area contributed by atoms with Gasteiger partial charge >= 0.3 is 0 Å². The van der Waals surface area contributed by atoms with Gasteiger partial charge in [0.15, 0.2) is 0 Å². The average molecular weight is 269 g/mol. The third kappa shape index (κ3) is 3.49. The molecule has 6 heteroatoms. The number of carbonyl (C=O) groups excluding carboxylic acids is 1. The first kappa shape index (κ1) is 15.1. The van der Waals surface area contributed by atoms with Crippen LogP contribution < -0.4 is 20.7 Å². The molecule has 1 aromatic rings. The maximum absolute atomic E-state index is 13.9. The van der Waals surface area contributed by atoms with Gasteiger partial charge in [-0.1, -0.05) is 6.92 Å². The highest BCUT2D eigenvalue weighted by atomic mass is 19.1. The second kappa shape index (κ2) is 6.26. The Hall–Kier alpha value is -1.98.